The van der Waals surface area contributed by atoms with Gasteiger partial charge in [-0.15, -0.1) is 18.3 Å². The molecule has 34 heavy (non-hydrogen) atoms. The summed E-state index contributed by atoms with van der Waals surface area (Å²) in [6.45, 7) is -0.953. The van der Waals surface area contributed by atoms with Crippen molar-refractivity contribution in [2.45, 2.75) is 25.3 Å². The Morgan fingerprint density at radius 1 is 0.882 bits per heavy atom. The highest BCUT2D eigenvalue weighted by Crippen LogP contribution is 2.38. The molecule has 0 spiro atoms. The third kappa shape index (κ3) is 5.88. The van der Waals surface area contributed by atoms with E-state index in [0.717, 1.165) is 12.1 Å². The Balaban J connectivity index is 1.99. The van der Waals surface area contributed by atoms with Crippen molar-refractivity contribution in [1.82, 2.24) is 15.4 Å². The quantitative estimate of drug-likeness (QED) is 0.448. The fraction of sp³-hybridized carbons (Fsp3) is 0.211. The molecule has 0 unspecified atom stereocenters. The van der Waals surface area contributed by atoms with E-state index in [-0.39, 0.29) is 23.0 Å². The lowest BCUT2D eigenvalue weighted by molar-refractivity contribution is -0.274. The van der Waals surface area contributed by atoms with Crippen LogP contribution in [-0.4, -0.2) is 21.8 Å². The molecule has 3 rings (SSSR count). The van der Waals surface area contributed by atoms with Gasteiger partial charge in [0.1, 0.15) is 29.9 Å². The number of aromatic nitrogens is 3. The number of ether oxygens (including phenoxy) is 2. The Kier molecular flexibility index (Phi) is 6.36. The number of H-pyrrole nitrogens is 1. The van der Waals surface area contributed by atoms with Gasteiger partial charge in [-0.3, -0.25) is 0 Å². The van der Waals surface area contributed by atoms with Crippen LogP contribution in [0, 0.1) is 11.3 Å². The molecule has 180 valence electrons. The summed E-state index contributed by atoms with van der Waals surface area (Å²) in [5.74, 6) is -1.30. The molecule has 15 heteroatoms. The molecule has 0 fully saturated rings. The molecule has 0 atom stereocenters. The Morgan fingerprint density at radius 2 is 1.56 bits per heavy atom. The number of rotatable bonds is 5. The molecule has 0 saturated heterocycles. The molecule has 1 N–H and O–H groups in total. The molecule has 6 nitrogen and oxygen atoms in total. The van der Waals surface area contributed by atoms with Crippen LogP contribution in [0.2, 0.25) is 0 Å². The molecule has 0 amide bonds. The number of alkyl halides is 9. The Morgan fingerprint density at radius 3 is 2.15 bits per heavy atom. The van der Waals surface area contributed by atoms with Gasteiger partial charge in [-0.05, 0) is 24.3 Å². The second kappa shape index (κ2) is 8.76. The lowest BCUT2D eigenvalue weighted by Gasteiger charge is -2.17. The molecule has 0 bridgehead atoms. The SMILES string of the molecule is N#Cc1[nH]nnc1-c1cc(OCc2ccc(C(F)(F)F)cc2C(F)(F)F)cc(OC(F)(F)F)c1. The Labute approximate surface area is 183 Å². The maximum atomic E-state index is 13.3. The average Bonchev–Trinajstić information content (AvgIpc) is 3.18. The Hall–Kier alpha value is -3.96. The maximum absolute atomic E-state index is 13.3. The Bertz CT molecular complexity index is 1220. The van der Waals surface area contributed by atoms with Crippen LogP contribution in [0.15, 0.2) is 36.4 Å². The van der Waals surface area contributed by atoms with Gasteiger partial charge in [0.25, 0.3) is 0 Å². The zero-order valence-corrected chi connectivity index (χ0v) is 16.2. The number of hydrogen-bond donors (Lipinski definition) is 1. The zero-order chi connectivity index (χ0) is 25.3. The summed E-state index contributed by atoms with van der Waals surface area (Å²) in [5.41, 5.74) is -4.48. The molecular weight excluding hydrogens is 487 g/mol. The minimum absolute atomic E-state index is 0.0953. The first-order chi connectivity index (χ1) is 15.7. The number of hydrogen-bond acceptors (Lipinski definition) is 5. The molecule has 2 aromatic carbocycles. The minimum Gasteiger partial charge on any atom is -0.489 e. The van der Waals surface area contributed by atoms with Gasteiger partial charge in [0.05, 0.1) is 11.1 Å². The van der Waals surface area contributed by atoms with Gasteiger partial charge in [0, 0.05) is 17.2 Å². The van der Waals surface area contributed by atoms with Gasteiger partial charge >= 0.3 is 18.7 Å². The van der Waals surface area contributed by atoms with Crippen molar-refractivity contribution in [2.75, 3.05) is 0 Å². The molecule has 0 saturated carbocycles. The summed E-state index contributed by atoms with van der Waals surface area (Å²) in [4.78, 5) is 0. The topological polar surface area (TPSA) is 83.8 Å². The monoisotopic (exact) mass is 496 g/mol. The number of halogens is 9. The number of aromatic amines is 1. The van der Waals surface area contributed by atoms with E-state index < -0.39 is 53.5 Å². The van der Waals surface area contributed by atoms with Crippen LogP contribution in [0.3, 0.4) is 0 Å². The van der Waals surface area contributed by atoms with E-state index in [4.69, 9.17) is 10.00 Å². The van der Waals surface area contributed by atoms with Crippen LogP contribution in [0.4, 0.5) is 39.5 Å². The summed E-state index contributed by atoms with van der Waals surface area (Å²) in [6, 6.07) is 5.09. The predicted molar refractivity (Wildman–Crippen MR) is 94.0 cm³/mol. The number of nitrogens with zero attached hydrogens (tertiary/aromatic N) is 3. The summed E-state index contributed by atoms with van der Waals surface area (Å²) >= 11 is 0. The van der Waals surface area contributed by atoms with E-state index in [1.807, 2.05) is 0 Å². The van der Waals surface area contributed by atoms with Crippen molar-refractivity contribution >= 4 is 0 Å². The third-order valence-corrected chi connectivity index (χ3v) is 4.18. The smallest absolute Gasteiger partial charge is 0.489 e. The molecule has 0 aliphatic heterocycles. The van der Waals surface area contributed by atoms with E-state index in [1.54, 1.807) is 6.07 Å². The number of benzene rings is 2. The molecule has 1 aromatic heterocycles. The van der Waals surface area contributed by atoms with Gasteiger partial charge in [0.2, 0.25) is 0 Å². The van der Waals surface area contributed by atoms with E-state index in [2.05, 4.69) is 20.1 Å². The van der Waals surface area contributed by atoms with Crippen molar-refractivity contribution in [1.29, 1.82) is 5.26 Å². The summed E-state index contributed by atoms with van der Waals surface area (Å²) in [7, 11) is 0. The molecule has 0 radical (unpaired) electrons. The minimum atomic E-state index is -5.17. The molecule has 0 aliphatic carbocycles. The normalized spacial score (nSPS) is 12.4. The van der Waals surface area contributed by atoms with Crippen molar-refractivity contribution in [2.24, 2.45) is 0 Å². The van der Waals surface area contributed by atoms with Crippen LogP contribution in [0.25, 0.3) is 11.3 Å². The lowest BCUT2D eigenvalue weighted by Crippen LogP contribution is -2.17. The fourth-order valence-corrected chi connectivity index (χ4v) is 2.80. The third-order valence-electron chi connectivity index (χ3n) is 4.18. The number of nitrogens with one attached hydrogen (secondary N) is 1. The molecular formula is C19H9F9N4O2. The van der Waals surface area contributed by atoms with Crippen LogP contribution >= 0.6 is 0 Å². The molecule has 1 heterocycles. The molecule has 0 aliphatic rings. The first-order valence-corrected chi connectivity index (χ1v) is 8.80. The predicted octanol–water partition coefficient (Wildman–Crippen LogP) is 5.86. The standard InChI is InChI=1S/C19H9F9N4O2/c20-17(21,22)11-2-1-9(14(5-11)18(23,24)25)8-33-12-3-10(16-15(7-29)30-32-31-16)4-13(6-12)34-19(26,27)28/h1-6H,8H2,(H,30,31,32). The highest BCUT2D eigenvalue weighted by molar-refractivity contribution is 5.67. The fourth-order valence-electron chi connectivity index (χ4n) is 2.80. The van der Waals surface area contributed by atoms with Gasteiger partial charge in [-0.2, -0.15) is 31.6 Å². The van der Waals surface area contributed by atoms with Crippen LogP contribution in [0.5, 0.6) is 11.5 Å². The van der Waals surface area contributed by atoms with Crippen LogP contribution < -0.4 is 9.47 Å². The summed E-state index contributed by atoms with van der Waals surface area (Å²) < 4.78 is 125. The first-order valence-electron chi connectivity index (χ1n) is 8.80. The van der Waals surface area contributed by atoms with Gasteiger partial charge in [-0.1, -0.05) is 11.3 Å². The second-order valence-electron chi connectivity index (χ2n) is 6.54. The van der Waals surface area contributed by atoms with Gasteiger partial charge in [-0.25, -0.2) is 5.10 Å². The first kappa shape index (κ1) is 24.7. The van der Waals surface area contributed by atoms with Crippen LogP contribution in [0.1, 0.15) is 22.4 Å². The van der Waals surface area contributed by atoms with E-state index in [0.29, 0.717) is 18.2 Å². The summed E-state index contributed by atoms with van der Waals surface area (Å²) in [6.07, 6.45) is -15.4. The lowest BCUT2D eigenvalue weighted by atomic mass is 10.0. The average molecular weight is 496 g/mol. The number of nitriles is 1. The summed E-state index contributed by atoms with van der Waals surface area (Å²) in [5, 5.41) is 18.1. The van der Waals surface area contributed by atoms with Crippen molar-refractivity contribution in [3.8, 4) is 28.8 Å². The van der Waals surface area contributed by atoms with Gasteiger partial charge in [0.15, 0.2) is 5.69 Å². The van der Waals surface area contributed by atoms with E-state index in [9.17, 15) is 39.5 Å². The van der Waals surface area contributed by atoms with Crippen molar-refractivity contribution in [3.63, 3.8) is 0 Å². The maximum Gasteiger partial charge on any atom is 0.573 e. The second-order valence-corrected chi connectivity index (χ2v) is 6.54. The van der Waals surface area contributed by atoms with Crippen molar-refractivity contribution in [3.05, 3.63) is 58.8 Å². The van der Waals surface area contributed by atoms with Crippen LogP contribution in [-0.2, 0) is 19.0 Å². The van der Waals surface area contributed by atoms with Gasteiger partial charge < -0.3 is 9.47 Å². The highest BCUT2D eigenvalue weighted by Gasteiger charge is 2.38. The van der Waals surface area contributed by atoms with E-state index in [1.165, 1.54) is 0 Å². The van der Waals surface area contributed by atoms with E-state index >= 15 is 0 Å². The highest BCUT2D eigenvalue weighted by atomic mass is 19.4. The largest absolute Gasteiger partial charge is 0.573 e. The zero-order valence-electron chi connectivity index (χ0n) is 16.2. The van der Waals surface area contributed by atoms with Crippen molar-refractivity contribution < 1.29 is 49.0 Å². The molecule has 3 aromatic rings.